The molecule has 0 spiro atoms. The first-order valence-corrected chi connectivity index (χ1v) is 7.31. The molecular formula is C17H16ClN3O2. The molecule has 2 aromatic rings. The SMILES string of the molecule is Cc1ccc(/C=N\NC(=O)C(=O)Nc2cc(Cl)ccc2C)cc1. The molecule has 0 heterocycles. The Labute approximate surface area is 139 Å². The Bertz CT molecular complexity index is 755. The molecule has 0 aliphatic carbocycles. The Kier molecular flexibility index (Phi) is 5.49. The Hall–Kier alpha value is -2.66. The maximum atomic E-state index is 11.8. The minimum Gasteiger partial charge on any atom is -0.317 e. The smallest absolute Gasteiger partial charge is 0.317 e. The summed E-state index contributed by atoms with van der Waals surface area (Å²) in [5.74, 6) is -1.66. The summed E-state index contributed by atoms with van der Waals surface area (Å²) in [4.78, 5) is 23.5. The van der Waals surface area contributed by atoms with Gasteiger partial charge in [-0.1, -0.05) is 47.5 Å². The number of amides is 2. The average molecular weight is 330 g/mol. The highest BCUT2D eigenvalue weighted by atomic mass is 35.5. The van der Waals surface area contributed by atoms with Gasteiger partial charge in [-0.25, -0.2) is 5.43 Å². The maximum Gasteiger partial charge on any atom is 0.329 e. The third-order valence-electron chi connectivity index (χ3n) is 3.11. The number of aryl methyl sites for hydroxylation is 2. The van der Waals surface area contributed by atoms with E-state index >= 15 is 0 Å². The first kappa shape index (κ1) is 16.7. The molecular weight excluding hydrogens is 314 g/mol. The Balaban J connectivity index is 1.93. The van der Waals surface area contributed by atoms with Gasteiger partial charge >= 0.3 is 11.8 Å². The second-order valence-corrected chi connectivity index (χ2v) is 5.46. The topological polar surface area (TPSA) is 70.6 Å². The zero-order valence-electron chi connectivity index (χ0n) is 12.8. The van der Waals surface area contributed by atoms with Gasteiger partial charge in [0.05, 0.1) is 6.21 Å². The highest BCUT2D eigenvalue weighted by Gasteiger charge is 2.14. The summed E-state index contributed by atoms with van der Waals surface area (Å²) in [5.41, 5.74) is 5.42. The Morgan fingerprint density at radius 2 is 1.74 bits per heavy atom. The van der Waals surface area contributed by atoms with E-state index in [-0.39, 0.29) is 0 Å². The van der Waals surface area contributed by atoms with E-state index in [1.807, 2.05) is 31.2 Å². The second kappa shape index (κ2) is 7.56. The van der Waals surface area contributed by atoms with Crippen LogP contribution in [0.25, 0.3) is 0 Å². The third kappa shape index (κ3) is 4.93. The standard InChI is InChI=1S/C17H16ClN3O2/c1-11-3-6-13(7-4-11)10-19-21-17(23)16(22)20-15-9-14(18)8-5-12(15)2/h3-10H,1-2H3,(H,20,22)(H,21,23)/b19-10-. The van der Waals surface area contributed by atoms with E-state index in [0.29, 0.717) is 10.7 Å². The molecule has 0 bridgehead atoms. The molecule has 0 fully saturated rings. The molecule has 0 aliphatic heterocycles. The van der Waals surface area contributed by atoms with Crippen LogP contribution in [0.5, 0.6) is 0 Å². The molecule has 2 N–H and O–H groups in total. The summed E-state index contributed by atoms with van der Waals surface area (Å²) in [6.07, 6.45) is 1.47. The fourth-order valence-corrected chi connectivity index (χ4v) is 1.95. The number of nitrogens with one attached hydrogen (secondary N) is 2. The number of hydrogen-bond acceptors (Lipinski definition) is 3. The normalized spacial score (nSPS) is 10.6. The van der Waals surface area contributed by atoms with Crippen molar-refractivity contribution in [2.45, 2.75) is 13.8 Å². The van der Waals surface area contributed by atoms with Crippen LogP contribution in [0.3, 0.4) is 0 Å². The average Bonchev–Trinajstić information content (AvgIpc) is 2.52. The van der Waals surface area contributed by atoms with Gasteiger partial charge < -0.3 is 5.32 Å². The number of hydrazone groups is 1. The van der Waals surface area contributed by atoms with Crippen LogP contribution in [0.15, 0.2) is 47.6 Å². The fraction of sp³-hybridized carbons (Fsp3) is 0.118. The van der Waals surface area contributed by atoms with E-state index in [2.05, 4.69) is 15.8 Å². The van der Waals surface area contributed by atoms with Crippen LogP contribution >= 0.6 is 11.6 Å². The van der Waals surface area contributed by atoms with Gasteiger partial charge in [-0.05, 0) is 37.1 Å². The number of hydrogen-bond donors (Lipinski definition) is 2. The molecule has 2 aromatic carbocycles. The fourth-order valence-electron chi connectivity index (χ4n) is 1.78. The molecule has 23 heavy (non-hydrogen) atoms. The first-order chi connectivity index (χ1) is 11.0. The molecule has 0 aliphatic rings. The van der Waals surface area contributed by atoms with Crippen molar-refractivity contribution in [1.29, 1.82) is 0 Å². The molecule has 118 valence electrons. The lowest BCUT2D eigenvalue weighted by atomic mass is 10.2. The summed E-state index contributed by atoms with van der Waals surface area (Å²) in [6, 6.07) is 12.6. The van der Waals surface area contributed by atoms with E-state index < -0.39 is 11.8 Å². The highest BCUT2D eigenvalue weighted by molar-refractivity contribution is 6.40. The van der Waals surface area contributed by atoms with E-state index in [9.17, 15) is 9.59 Å². The van der Waals surface area contributed by atoms with Crippen LogP contribution < -0.4 is 10.7 Å². The van der Waals surface area contributed by atoms with Crippen molar-refractivity contribution in [3.8, 4) is 0 Å². The molecule has 5 nitrogen and oxygen atoms in total. The van der Waals surface area contributed by atoms with E-state index in [4.69, 9.17) is 11.6 Å². The lowest BCUT2D eigenvalue weighted by Gasteiger charge is -2.07. The molecule has 6 heteroatoms. The van der Waals surface area contributed by atoms with Crippen molar-refractivity contribution < 1.29 is 9.59 Å². The molecule has 2 amide bonds. The van der Waals surface area contributed by atoms with E-state index in [1.54, 1.807) is 25.1 Å². The number of anilines is 1. The highest BCUT2D eigenvalue weighted by Crippen LogP contribution is 2.19. The van der Waals surface area contributed by atoms with Gasteiger partial charge in [0.1, 0.15) is 0 Å². The molecule has 0 radical (unpaired) electrons. The largest absolute Gasteiger partial charge is 0.329 e. The van der Waals surface area contributed by atoms with Gasteiger partial charge in [-0.2, -0.15) is 5.10 Å². The van der Waals surface area contributed by atoms with Gasteiger partial charge in [0.15, 0.2) is 0 Å². The third-order valence-corrected chi connectivity index (χ3v) is 3.35. The minimum absolute atomic E-state index is 0.476. The second-order valence-electron chi connectivity index (χ2n) is 5.02. The van der Waals surface area contributed by atoms with Crippen molar-refractivity contribution in [3.05, 3.63) is 64.2 Å². The van der Waals surface area contributed by atoms with Crippen molar-refractivity contribution in [2.75, 3.05) is 5.32 Å². The van der Waals surface area contributed by atoms with Crippen LogP contribution in [0, 0.1) is 13.8 Å². The van der Waals surface area contributed by atoms with Crippen LogP contribution in [0.2, 0.25) is 5.02 Å². The van der Waals surface area contributed by atoms with Gasteiger partial charge in [0.2, 0.25) is 0 Å². The predicted octanol–water partition coefficient (Wildman–Crippen LogP) is 3.05. The predicted molar refractivity (Wildman–Crippen MR) is 91.7 cm³/mol. The van der Waals surface area contributed by atoms with Gasteiger partial charge in [-0.15, -0.1) is 0 Å². The van der Waals surface area contributed by atoms with E-state index in [0.717, 1.165) is 16.7 Å². The minimum atomic E-state index is -0.854. The molecule has 0 unspecified atom stereocenters. The number of nitrogens with zero attached hydrogens (tertiary/aromatic N) is 1. The Morgan fingerprint density at radius 1 is 1.04 bits per heavy atom. The number of carbonyl (C=O) groups is 2. The summed E-state index contributed by atoms with van der Waals surface area (Å²) in [6.45, 7) is 3.78. The number of rotatable bonds is 3. The van der Waals surface area contributed by atoms with Gasteiger partial charge in [-0.3, -0.25) is 9.59 Å². The van der Waals surface area contributed by atoms with Crippen molar-refractivity contribution in [2.24, 2.45) is 5.10 Å². The van der Waals surface area contributed by atoms with Crippen LogP contribution in [0.1, 0.15) is 16.7 Å². The summed E-state index contributed by atoms with van der Waals surface area (Å²) in [7, 11) is 0. The lowest BCUT2D eigenvalue weighted by molar-refractivity contribution is -0.136. The summed E-state index contributed by atoms with van der Waals surface area (Å²) < 4.78 is 0. The van der Waals surface area contributed by atoms with Crippen LogP contribution in [0.4, 0.5) is 5.69 Å². The summed E-state index contributed by atoms with van der Waals surface area (Å²) >= 11 is 5.87. The van der Waals surface area contributed by atoms with Crippen molar-refractivity contribution >= 4 is 35.3 Å². The molecule has 0 saturated heterocycles. The van der Waals surface area contributed by atoms with Gasteiger partial charge in [0, 0.05) is 10.7 Å². The van der Waals surface area contributed by atoms with Crippen LogP contribution in [-0.4, -0.2) is 18.0 Å². The number of carbonyl (C=O) groups excluding carboxylic acids is 2. The monoisotopic (exact) mass is 329 g/mol. The molecule has 2 rings (SSSR count). The van der Waals surface area contributed by atoms with Gasteiger partial charge in [0.25, 0.3) is 0 Å². The zero-order valence-corrected chi connectivity index (χ0v) is 13.5. The molecule has 0 aromatic heterocycles. The van der Waals surface area contributed by atoms with Crippen LogP contribution in [-0.2, 0) is 9.59 Å². The first-order valence-electron chi connectivity index (χ1n) is 6.93. The quantitative estimate of drug-likeness (QED) is 0.516. The number of benzene rings is 2. The van der Waals surface area contributed by atoms with Crippen molar-refractivity contribution in [1.82, 2.24) is 5.43 Å². The lowest BCUT2D eigenvalue weighted by Crippen LogP contribution is -2.32. The summed E-state index contributed by atoms with van der Waals surface area (Å²) in [5, 5.41) is 6.74. The van der Waals surface area contributed by atoms with Crippen molar-refractivity contribution in [3.63, 3.8) is 0 Å². The Morgan fingerprint density at radius 3 is 2.43 bits per heavy atom. The zero-order chi connectivity index (χ0) is 16.8. The number of halogens is 1. The van der Waals surface area contributed by atoms with E-state index in [1.165, 1.54) is 6.21 Å². The maximum absolute atomic E-state index is 11.8. The molecule has 0 atom stereocenters. The molecule has 0 saturated carbocycles.